The number of rotatable bonds is 4. The van der Waals surface area contributed by atoms with E-state index in [1.54, 1.807) is 24.8 Å². The van der Waals surface area contributed by atoms with Crippen molar-refractivity contribution < 1.29 is 9.47 Å². The zero-order valence-corrected chi connectivity index (χ0v) is 14.8. The molecule has 7 heteroatoms. The molecule has 0 saturated carbocycles. The predicted molar refractivity (Wildman–Crippen MR) is 92.7 cm³/mol. The third kappa shape index (κ3) is 3.10. The van der Waals surface area contributed by atoms with Crippen LogP contribution in [-0.4, -0.2) is 47.9 Å². The van der Waals surface area contributed by atoms with Gasteiger partial charge in [0.1, 0.15) is 12.1 Å². The van der Waals surface area contributed by atoms with E-state index in [1.165, 1.54) is 5.01 Å². The molecular formula is C17H22N4O2S. The van der Waals surface area contributed by atoms with Crippen molar-refractivity contribution in [3.8, 4) is 5.88 Å². The molecule has 0 radical (unpaired) electrons. The second-order valence-corrected chi connectivity index (χ2v) is 7.48. The number of ether oxygens (including phenoxy) is 2. The van der Waals surface area contributed by atoms with Gasteiger partial charge in [-0.2, -0.15) is 0 Å². The van der Waals surface area contributed by atoms with Gasteiger partial charge in [-0.15, -0.1) is 11.3 Å². The maximum Gasteiger partial charge on any atom is 0.218 e. The van der Waals surface area contributed by atoms with Crippen LogP contribution in [0.3, 0.4) is 0 Å². The lowest BCUT2D eigenvalue weighted by Gasteiger charge is -2.36. The fourth-order valence-electron chi connectivity index (χ4n) is 3.79. The largest absolute Gasteiger partial charge is 0.481 e. The Morgan fingerprint density at radius 1 is 1.42 bits per heavy atom. The third-order valence-corrected chi connectivity index (χ3v) is 5.99. The fraction of sp³-hybridized carbons (Fsp3) is 0.588. The molecule has 2 fully saturated rings. The highest BCUT2D eigenvalue weighted by molar-refractivity contribution is 7.09. The number of aromatic nitrogens is 3. The van der Waals surface area contributed by atoms with Crippen LogP contribution in [0.15, 0.2) is 17.8 Å². The van der Waals surface area contributed by atoms with Gasteiger partial charge in [0.2, 0.25) is 5.88 Å². The van der Waals surface area contributed by atoms with Crippen LogP contribution in [0.5, 0.6) is 5.88 Å². The first-order valence-electron chi connectivity index (χ1n) is 8.36. The Hall–Kier alpha value is -1.73. The molecule has 2 aliphatic rings. The number of nitrogens with zero attached hydrogens (tertiary/aromatic N) is 4. The van der Waals surface area contributed by atoms with E-state index < -0.39 is 0 Å². The van der Waals surface area contributed by atoms with Gasteiger partial charge in [-0.1, -0.05) is 0 Å². The van der Waals surface area contributed by atoms with E-state index in [0.717, 1.165) is 44.0 Å². The normalized spacial score (nSPS) is 26.4. The summed E-state index contributed by atoms with van der Waals surface area (Å²) in [6.45, 7) is 4.86. The SMILES string of the molecule is COc1cc(N2CC[C@@H]3[C@@H](CO[C@H]3Cc3nc(C)cs3)C2)ncn1. The number of methoxy groups -OCH3 is 1. The van der Waals surface area contributed by atoms with Crippen molar-refractivity contribution in [2.24, 2.45) is 11.8 Å². The van der Waals surface area contributed by atoms with Crippen LogP contribution in [0, 0.1) is 18.8 Å². The van der Waals surface area contributed by atoms with Crippen LogP contribution in [0.1, 0.15) is 17.1 Å². The summed E-state index contributed by atoms with van der Waals surface area (Å²) < 4.78 is 11.3. The number of hydrogen-bond donors (Lipinski definition) is 0. The zero-order valence-electron chi connectivity index (χ0n) is 14.0. The van der Waals surface area contributed by atoms with Gasteiger partial charge in [0.15, 0.2) is 0 Å². The Kier molecular flexibility index (Phi) is 4.37. The van der Waals surface area contributed by atoms with Crippen molar-refractivity contribution in [1.29, 1.82) is 0 Å². The summed E-state index contributed by atoms with van der Waals surface area (Å²) >= 11 is 1.74. The highest BCUT2D eigenvalue weighted by atomic mass is 32.1. The molecule has 0 aromatic carbocycles. The van der Waals surface area contributed by atoms with E-state index in [9.17, 15) is 0 Å². The molecule has 4 rings (SSSR count). The summed E-state index contributed by atoms with van der Waals surface area (Å²) in [7, 11) is 1.63. The molecule has 4 heterocycles. The molecule has 0 bridgehead atoms. The Morgan fingerprint density at radius 3 is 3.12 bits per heavy atom. The standard InChI is InChI=1S/C17H22N4O2S/c1-11-9-24-17(20-11)5-14-13-3-4-21(7-12(13)8-23-14)15-6-16(22-2)19-10-18-15/h6,9-10,12-14H,3-5,7-8H2,1-2H3/t12-,13-,14+/m1/s1. The number of anilines is 1. The van der Waals surface area contributed by atoms with E-state index in [0.29, 0.717) is 23.8 Å². The average molecular weight is 346 g/mol. The predicted octanol–water partition coefficient (Wildman–Crippen LogP) is 2.33. The molecule has 3 atom stereocenters. The van der Waals surface area contributed by atoms with Crippen molar-refractivity contribution in [3.63, 3.8) is 0 Å². The van der Waals surface area contributed by atoms with Gasteiger partial charge >= 0.3 is 0 Å². The summed E-state index contributed by atoms with van der Waals surface area (Å²) in [6.07, 6.45) is 3.95. The molecule has 0 aliphatic carbocycles. The Balaban J connectivity index is 1.42. The van der Waals surface area contributed by atoms with Crippen LogP contribution < -0.4 is 9.64 Å². The molecule has 0 N–H and O–H groups in total. The summed E-state index contributed by atoms with van der Waals surface area (Å²) in [4.78, 5) is 15.4. The van der Waals surface area contributed by atoms with E-state index >= 15 is 0 Å². The minimum atomic E-state index is 0.308. The lowest BCUT2D eigenvalue weighted by atomic mass is 9.83. The molecular weight excluding hydrogens is 324 g/mol. The minimum absolute atomic E-state index is 0.308. The van der Waals surface area contributed by atoms with E-state index in [-0.39, 0.29) is 0 Å². The van der Waals surface area contributed by atoms with Crippen molar-refractivity contribution in [2.45, 2.75) is 25.9 Å². The first-order valence-corrected chi connectivity index (χ1v) is 9.24. The second kappa shape index (κ2) is 6.64. The quantitative estimate of drug-likeness (QED) is 0.847. The highest BCUT2D eigenvalue weighted by Gasteiger charge is 2.41. The zero-order chi connectivity index (χ0) is 16.5. The molecule has 2 saturated heterocycles. The summed E-state index contributed by atoms with van der Waals surface area (Å²) in [6, 6.07) is 1.91. The molecule has 0 unspecified atom stereocenters. The molecule has 24 heavy (non-hydrogen) atoms. The molecule has 6 nitrogen and oxygen atoms in total. The second-order valence-electron chi connectivity index (χ2n) is 6.54. The van der Waals surface area contributed by atoms with Crippen LogP contribution in [-0.2, 0) is 11.2 Å². The number of piperidine rings is 1. The van der Waals surface area contributed by atoms with Crippen LogP contribution in [0.25, 0.3) is 0 Å². The Morgan fingerprint density at radius 2 is 2.33 bits per heavy atom. The lowest BCUT2D eigenvalue weighted by molar-refractivity contribution is 0.0894. The van der Waals surface area contributed by atoms with Crippen LogP contribution >= 0.6 is 11.3 Å². The number of hydrogen-bond acceptors (Lipinski definition) is 7. The van der Waals surface area contributed by atoms with Gasteiger partial charge in [-0.05, 0) is 19.3 Å². The van der Waals surface area contributed by atoms with Crippen LogP contribution in [0.2, 0.25) is 0 Å². The summed E-state index contributed by atoms with van der Waals surface area (Å²) in [5, 5.41) is 3.31. The molecule has 2 aromatic rings. The Bertz CT molecular complexity index is 707. The highest BCUT2D eigenvalue weighted by Crippen LogP contribution is 2.37. The number of fused-ring (bicyclic) bond motifs is 1. The monoisotopic (exact) mass is 346 g/mol. The summed E-state index contributed by atoms with van der Waals surface area (Å²) in [5.74, 6) is 2.74. The van der Waals surface area contributed by atoms with Gasteiger partial charge in [0.25, 0.3) is 0 Å². The van der Waals surface area contributed by atoms with E-state index in [4.69, 9.17) is 9.47 Å². The van der Waals surface area contributed by atoms with Gasteiger partial charge in [-0.3, -0.25) is 0 Å². The maximum absolute atomic E-state index is 6.12. The molecule has 0 spiro atoms. The lowest BCUT2D eigenvalue weighted by Crippen LogP contribution is -2.42. The van der Waals surface area contributed by atoms with Crippen molar-refractivity contribution in [3.05, 3.63) is 28.5 Å². The van der Waals surface area contributed by atoms with Crippen molar-refractivity contribution >= 4 is 17.2 Å². The minimum Gasteiger partial charge on any atom is -0.481 e. The van der Waals surface area contributed by atoms with Crippen molar-refractivity contribution in [1.82, 2.24) is 15.0 Å². The molecule has 2 aliphatic heterocycles. The van der Waals surface area contributed by atoms with E-state index in [2.05, 4.69) is 25.2 Å². The number of aryl methyl sites for hydroxylation is 1. The summed E-state index contributed by atoms with van der Waals surface area (Å²) in [5.41, 5.74) is 1.11. The smallest absolute Gasteiger partial charge is 0.218 e. The molecule has 2 aromatic heterocycles. The first kappa shape index (κ1) is 15.8. The maximum atomic E-state index is 6.12. The fourth-order valence-corrected chi connectivity index (χ4v) is 4.60. The van der Waals surface area contributed by atoms with Gasteiger partial charge < -0.3 is 14.4 Å². The van der Waals surface area contributed by atoms with Crippen molar-refractivity contribution in [2.75, 3.05) is 31.7 Å². The third-order valence-electron chi connectivity index (χ3n) is 5.00. The average Bonchev–Trinajstić information content (AvgIpc) is 3.21. The molecule has 0 amide bonds. The van der Waals surface area contributed by atoms with Gasteiger partial charge in [0, 0.05) is 42.6 Å². The van der Waals surface area contributed by atoms with Crippen LogP contribution in [0.4, 0.5) is 5.82 Å². The topological polar surface area (TPSA) is 60.4 Å². The van der Waals surface area contributed by atoms with Gasteiger partial charge in [-0.25, -0.2) is 15.0 Å². The molecule has 128 valence electrons. The Labute approximate surface area is 145 Å². The van der Waals surface area contributed by atoms with E-state index in [1.807, 2.05) is 13.0 Å². The van der Waals surface area contributed by atoms with Gasteiger partial charge in [0.05, 0.1) is 24.8 Å². The number of thiazole rings is 1. The first-order chi connectivity index (χ1) is 11.7.